The summed E-state index contributed by atoms with van der Waals surface area (Å²) < 4.78 is 2.24. The highest BCUT2D eigenvalue weighted by atomic mass is 32.2. The third-order valence-electron chi connectivity index (χ3n) is 3.87. The number of nitrogens with zero attached hydrogens (tertiary/aromatic N) is 2. The number of hydrogen-bond donors (Lipinski definition) is 1. The first-order valence-corrected chi connectivity index (χ1v) is 7.77. The van der Waals surface area contributed by atoms with E-state index in [-0.39, 0.29) is 6.10 Å². The molecule has 0 saturated carbocycles. The minimum Gasteiger partial charge on any atom is -0.393 e. The van der Waals surface area contributed by atoms with Crippen LogP contribution in [0.15, 0.2) is 6.20 Å². The van der Waals surface area contributed by atoms with Gasteiger partial charge in [-0.25, -0.2) is 4.98 Å². The van der Waals surface area contributed by atoms with Crippen molar-refractivity contribution >= 4 is 11.8 Å². The van der Waals surface area contributed by atoms with Crippen molar-refractivity contribution < 1.29 is 5.11 Å². The SMILES string of the molecule is OC1CCn2cc(CC3CCSCC3)nc2C1. The number of rotatable bonds is 2. The first kappa shape index (κ1) is 11.6. The molecule has 3 rings (SSSR count). The highest BCUT2D eigenvalue weighted by molar-refractivity contribution is 7.99. The molecule has 1 N–H and O–H groups in total. The van der Waals surface area contributed by atoms with Crippen molar-refractivity contribution in [3.05, 3.63) is 17.7 Å². The number of fused-ring (bicyclic) bond motifs is 1. The Morgan fingerprint density at radius 2 is 2.18 bits per heavy atom. The van der Waals surface area contributed by atoms with Gasteiger partial charge in [0.05, 0.1) is 11.8 Å². The van der Waals surface area contributed by atoms with Gasteiger partial charge in [0.2, 0.25) is 0 Å². The third-order valence-corrected chi connectivity index (χ3v) is 4.92. The van der Waals surface area contributed by atoms with E-state index in [0.29, 0.717) is 0 Å². The van der Waals surface area contributed by atoms with E-state index in [1.807, 2.05) is 0 Å². The normalized spacial score (nSPS) is 25.8. The van der Waals surface area contributed by atoms with Gasteiger partial charge in [-0.15, -0.1) is 0 Å². The molecule has 2 aliphatic heterocycles. The maximum absolute atomic E-state index is 9.63. The number of aliphatic hydroxyl groups is 1. The maximum Gasteiger partial charge on any atom is 0.111 e. The van der Waals surface area contributed by atoms with Crippen molar-refractivity contribution in [2.75, 3.05) is 11.5 Å². The van der Waals surface area contributed by atoms with Gasteiger partial charge in [0.1, 0.15) is 5.82 Å². The number of aryl methyl sites for hydroxylation is 1. The summed E-state index contributed by atoms with van der Waals surface area (Å²) in [5, 5.41) is 9.63. The van der Waals surface area contributed by atoms with Gasteiger partial charge in [-0.1, -0.05) is 0 Å². The molecule has 1 aromatic rings. The standard InChI is InChI=1S/C13H20N2OS/c16-12-1-4-15-9-11(14-13(15)8-12)7-10-2-5-17-6-3-10/h9-10,12,16H,1-8H2. The molecule has 1 aromatic heterocycles. The third kappa shape index (κ3) is 2.68. The molecular weight excluding hydrogens is 232 g/mol. The van der Waals surface area contributed by atoms with Crippen LogP contribution in [0.5, 0.6) is 0 Å². The van der Waals surface area contributed by atoms with Gasteiger partial charge >= 0.3 is 0 Å². The fraction of sp³-hybridized carbons (Fsp3) is 0.769. The molecule has 3 nitrogen and oxygen atoms in total. The van der Waals surface area contributed by atoms with E-state index in [1.165, 1.54) is 30.0 Å². The second-order valence-corrected chi connectivity index (χ2v) is 6.47. The summed E-state index contributed by atoms with van der Waals surface area (Å²) in [6.07, 6.45) is 7.47. The molecule has 17 heavy (non-hydrogen) atoms. The van der Waals surface area contributed by atoms with Gasteiger partial charge in [-0.2, -0.15) is 11.8 Å². The summed E-state index contributed by atoms with van der Waals surface area (Å²) >= 11 is 2.08. The Hall–Kier alpha value is -0.480. The van der Waals surface area contributed by atoms with Crippen LogP contribution in [-0.4, -0.2) is 32.3 Å². The molecule has 1 atom stereocenters. The van der Waals surface area contributed by atoms with Gasteiger partial charge in [-0.05, 0) is 43.1 Å². The molecule has 94 valence electrons. The molecule has 0 radical (unpaired) electrons. The van der Waals surface area contributed by atoms with E-state index in [4.69, 9.17) is 4.98 Å². The average molecular weight is 252 g/mol. The van der Waals surface area contributed by atoms with Crippen LogP contribution in [0.2, 0.25) is 0 Å². The lowest BCUT2D eigenvalue weighted by atomic mass is 9.97. The van der Waals surface area contributed by atoms with Crippen LogP contribution >= 0.6 is 11.8 Å². The fourth-order valence-corrected chi connectivity index (χ4v) is 4.02. The molecule has 3 heterocycles. The topological polar surface area (TPSA) is 38.0 Å². The Kier molecular flexibility index (Phi) is 3.43. The smallest absolute Gasteiger partial charge is 0.111 e. The number of aliphatic hydroxyl groups excluding tert-OH is 1. The zero-order valence-corrected chi connectivity index (χ0v) is 11.0. The van der Waals surface area contributed by atoms with E-state index in [0.717, 1.165) is 37.5 Å². The highest BCUT2D eigenvalue weighted by Crippen LogP contribution is 2.26. The Labute approximate surface area is 107 Å². The summed E-state index contributed by atoms with van der Waals surface area (Å²) in [7, 11) is 0. The van der Waals surface area contributed by atoms with Crippen LogP contribution in [0.1, 0.15) is 30.8 Å². The zero-order chi connectivity index (χ0) is 11.7. The Morgan fingerprint density at radius 3 is 3.00 bits per heavy atom. The summed E-state index contributed by atoms with van der Waals surface area (Å²) in [5.41, 5.74) is 1.24. The lowest BCUT2D eigenvalue weighted by molar-refractivity contribution is 0.141. The second kappa shape index (κ2) is 5.02. The number of thioether (sulfide) groups is 1. The van der Waals surface area contributed by atoms with E-state index in [2.05, 4.69) is 22.5 Å². The number of imidazole rings is 1. The van der Waals surface area contributed by atoms with Gasteiger partial charge in [-0.3, -0.25) is 0 Å². The molecule has 0 bridgehead atoms. The minimum atomic E-state index is -0.177. The molecule has 1 fully saturated rings. The van der Waals surface area contributed by atoms with Crippen molar-refractivity contribution in [1.82, 2.24) is 9.55 Å². The molecule has 0 spiro atoms. The largest absolute Gasteiger partial charge is 0.393 e. The predicted molar refractivity (Wildman–Crippen MR) is 70.3 cm³/mol. The lowest BCUT2D eigenvalue weighted by Gasteiger charge is -2.19. The summed E-state index contributed by atoms with van der Waals surface area (Å²) in [4.78, 5) is 4.69. The van der Waals surface area contributed by atoms with E-state index in [1.54, 1.807) is 0 Å². The van der Waals surface area contributed by atoms with Crippen LogP contribution in [-0.2, 0) is 19.4 Å². The van der Waals surface area contributed by atoms with Crippen molar-refractivity contribution in [1.29, 1.82) is 0 Å². The zero-order valence-electron chi connectivity index (χ0n) is 10.1. The number of aromatic nitrogens is 2. The second-order valence-electron chi connectivity index (χ2n) is 5.25. The first-order valence-electron chi connectivity index (χ1n) is 6.62. The summed E-state index contributed by atoms with van der Waals surface area (Å²) in [6.45, 7) is 0.935. The molecular formula is C13H20N2OS. The maximum atomic E-state index is 9.63. The van der Waals surface area contributed by atoms with Gasteiger partial charge < -0.3 is 9.67 Å². The van der Waals surface area contributed by atoms with Gasteiger partial charge in [0.15, 0.2) is 0 Å². The van der Waals surface area contributed by atoms with Crippen LogP contribution in [0.4, 0.5) is 0 Å². The molecule has 1 saturated heterocycles. The van der Waals surface area contributed by atoms with Crippen LogP contribution < -0.4 is 0 Å². The molecule has 1 unspecified atom stereocenters. The van der Waals surface area contributed by atoms with Gasteiger partial charge in [0.25, 0.3) is 0 Å². The van der Waals surface area contributed by atoms with Crippen LogP contribution in [0.3, 0.4) is 0 Å². The lowest BCUT2D eigenvalue weighted by Crippen LogP contribution is -2.22. The average Bonchev–Trinajstić information content (AvgIpc) is 2.71. The van der Waals surface area contributed by atoms with Crippen LogP contribution in [0.25, 0.3) is 0 Å². The van der Waals surface area contributed by atoms with E-state index in [9.17, 15) is 5.11 Å². The fourth-order valence-electron chi connectivity index (χ4n) is 2.82. The summed E-state index contributed by atoms with van der Waals surface area (Å²) in [5.74, 6) is 4.55. The van der Waals surface area contributed by atoms with Crippen molar-refractivity contribution in [2.45, 2.75) is 44.8 Å². The highest BCUT2D eigenvalue weighted by Gasteiger charge is 2.21. The van der Waals surface area contributed by atoms with E-state index >= 15 is 0 Å². The quantitative estimate of drug-likeness (QED) is 0.873. The molecule has 0 amide bonds. The van der Waals surface area contributed by atoms with Crippen molar-refractivity contribution in [2.24, 2.45) is 5.92 Å². The molecule has 4 heteroatoms. The van der Waals surface area contributed by atoms with E-state index < -0.39 is 0 Å². The Balaban J connectivity index is 1.67. The van der Waals surface area contributed by atoms with Crippen molar-refractivity contribution in [3.63, 3.8) is 0 Å². The van der Waals surface area contributed by atoms with Crippen molar-refractivity contribution in [3.8, 4) is 0 Å². The molecule has 0 aliphatic carbocycles. The Bertz CT molecular complexity index is 385. The number of hydrogen-bond acceptors (Lipinski definition) is 3. The predicted octanol–water partition coefficient (Wildman–Crippen LogP) is 1.88. The molecule has 2 aliphatic rings. The monoisotopic (exact) mass is 252 g/mol. The Morgan fingerprint density at radius 1 is 1.35 bits per heavy atom. The van der Waals surface area contributed by atoms with Gasteiger partial charge in [0, 0.05) is 19.2 Å². The first-order chi connectivity index (χ1) is 8.31. The minimum absolute atomic E-state index is 0.177. The molecule has 0 aromatic carbocycles. The van der Waals surface area contributed by atoms with Crippen LogP contribution in [0, 0.1) is 5.92 Å². The summed E-state index contributed by atoms with van der Waals surface area (Å²) in [6, 6.07) is 0.